The van der Waals surface area contributed by atoms with E-state index in [1.54, 1.807) is 99.8 Å². The number of para-hydroxylation sites is 1. The number of pyridine rings is 1. The first-order valence-corrected chi connectivity index (χ1v) is 18.6. The second-order valence-corrected chi connectivity index (χ2v) is 15.4. The molecule has 3 heterocycles. The molecule has 268 valence electrons. The van der Waals surface area contributed by atoms with Gasteiger partial charge in [-0.3, -0.25) is 18.7 Å². The van der Waals surface area contributed by atoms with Crippen LogP contribution in [0.3, 0.4) is 0 Å². The van der Waals surface area contributed by atoms with E-state index >= 15 is 0 Å². The van der Waals surface area contributed by atoms with Crippen LogP contribution in [0.4, 0.5) is 16.3 Å². The predicted molar refractivity (Wildman–Crippen MR) is 199 cm³/mol. The average Bonchev–Trinajstić information content (AvgIpc) is 3.12. The number of benzene rings is 3. The Morgan fingerprint density at radius 3 is 2.15 bits per heavy atom. The van der Waals surface area contributed by atoms with E-state index in [0.29, 0.717) is 22.6 Å². The Kier molecular flexibility index (Phi) is 10.2. The summed E-state index contributed by atoms with van der Waals surface area (Å²) in [6.45, 7) is 5.76. The third-order valence-electron chi connectivity index (χ3n) is 8.42. The third kappa shape index (κ3) is 7.74. The van der Waals surface area contributed by atoms with Gasteiger partial charge in [0, 0.05) is 37.0 Å². The van der Waals surface area contributed by atoms with E-state index in [0.717, 1.165) is 15.7 Å². The Morgan fingerprint density at radius 1 is 0.865 bits per heavy atom. The molecule has 0 bridgehead atoms. The van der Waals surface area contributed by atoms with Crippen LogP contribution in [0, 0.1) is 0 Å². The molecule has 0 atom stereocenters. The predicted octanol–water partition coefficient (Wildman–Crippen LogP) is 5.81. The monoisotopic (exact) mass is 721 g/mol. The number of amides is 2. The third-order valence-corrected chi connectivity index (χ3v) is 10.3. The molecule has 0 radical (unpaired) electrons. The summed E-state index contributed by atoms with van der Waals surface area (Å²) in [7, 11) is -3.83. The zero-order chi connectivity index (χ0) is 37.0. The Balaban J connectivity index is 1.12. The summed E-state index contributed by atoms with van der Waals surface area (Å²) in [5.74, 6) is -0.0711. The van der Waals surface area contributed by atoms with Gasteiger partial charge in [0.15, 0.2) is 14.9 Å². The van der Waals surface area contributed by atoms with E-state index in [2.05, 4.69) is 10.3 Å². The van der Waals surface area contributed by atoms with Crippen LogP contribution in [-0.2, 0) is 27.7 Å². The molecule has 2 aromatic heterocycles. The second kappa shape index (κ2) is 14.8. The number of ether oxygens (including phenoxy) is 1. The first-order chi connectivity index (χ1) is 24.8. The molecule has 2 amide bonds. The van der Waals surface area contributed by atoms with Crippen LogP contribution in [0.2, 0.25) is 0 Å². The minimum Gasteiger partial charge on any atom is -0.443 e. The highest BCUT2D eigenvalue weighted by molar-refractivity contribution is 7.91. The standard InChI is InChI=1S/C39H39N5O7S/c1-39(2,3)51-38(48)44(31-14-8-5-9-15-31)32-21-20-30(26-41-32)27-16-18-29(19-17-27)34(45)40-22-10-23-42-35(46)33(28-12-6-4-7-13-28)36-43(37(42)47)24-11-25-52(36,49)50/h4-9,12-21,26H,10-11,22-25H2,1-3H3,(H,40,45). The Bertz CT molecular complexity index is 2310. The van der Waals surface area contributed by atoms with Gasteiger partial charge in [0.05, 0.1) is 17.0 Å². The first-order valence-electron chi connectivity index (χ1n) is 16.9. The maximum Gasteiger partial charge on any atom is 0.420 e. The SMILES string of the molecule is CC(C)(C)OC(=O)N(c1ccccc1)c1ccc(-c2ccc(C(=O)NCCCn3c(=O)c(-c4ccccc4)c4n(c3=O)CCCS4(=O)=O)cc2)cn1. The van der Waals surface area contributed by atoms with Crippen LogP contribution in [0.5, 0.6) is 0 Å². The molecule has 5 aromatic rings. The summed E-state index contributed by atoms with van der Waals surface area (Å²) >= 11 is 0. The number of nitrogens with zero attached hydrogens (tertiary/aromatic N) is 4. The number of anilines is 2. The molecule has 0 fully saturated rings. The van der Waals surface area contributed by atoms with E-state index in [4.69, 9.17) is 4.74 Å². The van der Waals surface area contributed by atoms with Gasteiger partial charge in [-0.1, -0.05) is 60.7 Å². The lowest BCUT2D eigenvalue weighted by atomic mass is 10.1. The van der Waals surface area contributed by atoms with Crippen LogP contribution >= 0.6 is 0 Å². The van der Waals surface area contributed by atoms with Gasteiger partial charge in [-0.2, -0.15) is 0 Å². The number of aromatic nitrogens is 3. The van der Waals surface area contributed by atoms with Crippen molar-refractivity contribution in [2.75, 3.05) is 17.2 Å². The second-order valence-electron chi connectivity index (χ2n) is 13.4. The lowest BCUT2D eigenvalue weighted by Gasteiger charge is -2.27. The molecule has 52 heavy (non-hydrogen) atoms. The number of rotatable bonds is 9. The van der Waals surface area contributed by atoms with Gasteiger partial charge in [-0.15, -0.1) is 0 Å². The molecular formula is C39H39N5O7S. The van der Waals surface area contributed by atoms with Crippen LogP contribution in [-0.4, -0.2) is 52.4 Å². The summed E-state index contributed by atoms with van der Waals surface area (Å²) < 4.78 is 33.9. The van der Waals surface area contributed by atoms with Crippen molar-refractivity contribution in [3.05, 3.63) is 130 Å². The van der Waals surface area contributed by atoms with Crippen LogP contribution in [0.1, 0.15) is 44.0 Å². The van der Waals surface area contributed by atoms with Crippen molar-refractivity contribution >= 4 is 33.3 Å². The van der Waals surface area contributed by atoms with E-state index in [9.17, 15) is 27.6 Å². The molecule has 3 aromatic carbocycles. The van der Waals surface area contributed by atoms with Crippen molar-refractivity contribution < 1.29 is 22.7 Å². The number of carbonyl (C=O) groups excluding carboxylic acids is 2. The van der Waals surface area contributed by atoms with Crippen molar-refractivity contribution in [1.82, 2.24) is 19.4 Å². The smallest absolute Gasteiger partial charge is 0.420 e. The Hall–Kier alpha value is -5.82. The summed E-state index contributed by atoms with van der Waals surface area (Å²) in [5, 5.41) is 2.60. The zero-order valence-electron chi connectivity index (χ0n) is 29.1. The van der Waals surface area contributed by atoms with Gasteiger partial charge in [-0.25, -0.2) is 27.9 Å². The number of hydrogen-bond donors (Lipinski definition) is 1. The van der Waals surface area contributed by atoms with Crippen molar-refractivity contribution in [3.8, 4) is 22.3 Å². The largest absolute Gasteiger partial charge is 0.443 e. The summed E-state index contributed by atoms with van der Waals surface area (Å²) in [6.07, 6.45) is 1.64. The van der Waals surface area contributed by atoms with Gasteiger partial charge >= 0.3 is 11.8 Å². The maximum absolute atomic E-state index is 13.6. The number of carbonyl (C=O) groups is 2. The van der Waals surface area contributed by atoms with Crippen molar-refractivity contribution in [2.45, 2.75) is 57.3 Å². The summed E-state index contributed by atoms with van der Waals surface area (Å²) in [5.41, 5.74) is 0.982. The molecule has 12 nitrogen and oxygen atoms in total. The number of hydrogen-bond acceptors (Lipinski definition) is 8. The summed E-state index contributed by atoms with van der Waals surface area (Å²) in [6, 6.07) is 28.1. The molecule has 0 aliphatic carbocycles. The van der Waals surface area contributed by atoms with Gasteiger partial charge in [0.1, 0.15) is 11.4 Å². The quantitative estimate of drug-likeness (QED) is 0.148. The van der Waals surface area contributed by atoms with Gasteiger partial charge in [0.2, 0.25) is 0 Å². The molecule has 13 heteroatoms. The zero-order valence-corrected chi connectivity index (χ0v) is 29.9. The first kappa shape index (κ1) is 36.0. The molecule has 0 unspecified atom stereocenters. The van der Waals surface area contributed by atoms with Crippen LogP contribution < -0.4 is 21.5 Å². The highest BCUT2D eigenvalue weighted by Gasteiger charge is 2.32. The molecule has 1 aliphatic rings. The molecule has 0 saturated heterocycles. The van der Waals surface area contributed by atoms with Gasteiger partial charge in [-0.05, 0) is 81.1 Å². The normalized spacial score (nSPS) is 13.5. The highest BCUT2D eigenvalue weighted by Crippen LogP contribution is 2.29. The van der Waals surface area contributed by atoms with Crippen molar-refractivity contribution in [2.24, 2.45) is 0 Å². The van der Waals surface area contributed by atoms with Crippen molar-refractivity contribution in [3.63, 3.8) is 0 Å². The fourth-order valence-corrected chi connectivity index (χ4v) is 7.74. The minimum absolute atomic E-state index is 0.00430. The lowest BCUT2D eigenvalue weighted by Crippen LogP contribution is -2.45. The minimum atomic E-state index is -3.83. The number of fused-ring (bicyclic) bond motifs is 1. The topological polar surface area (TPSA) is 150 Å². The Morgan fingerprint density at radius 2 is 1.52 bits per heavy atom. The van der Waals surface area contributed by atoms with E-state index in [1.807, 2.05) is 24.3 Å². The van der Waals surface area contributed by atoms with Crippen LogP contribution in [0.25, 0.3) is 22.3 Å². The average molecular weight is 722 g/mol. The molecule has 1 aliphatic heterocycles. The van der Waals surface area contributed by atoms with Gasteiger partial charge in [0.25, 0.3) is 11.5 Å². The molecular weight excluding hydrogens is 683 g/mol. The number of nitrogens with one attached hydrogen (secondary N) is 1. The molecule has 6 rings (SSSR count). The van der Waals surface area contributed by atoms with Gasteiger partial charge < -0.3 is 10.1 Å². The maximum atomic E-state index is 13.6. The van der Waals surface area contributed by atoms with E-state index in [-0.39, 0.29) is 54.7 Å². The fourth-order valence-electron chi connectivity index (χ4n) is 6.02. The molecule has 0 saturated carbocycles. The lowest BCUT2D eigenvalue weighted by molar-refractivity contribution is 0.0598. The van der Waals surface area contributed by atoms with Crippen molar-refractivity contribution in [1.29, 1.82) is 0 Å². The van der Waals surface area contributed by atoms with Crippen LogP contribution in [0.15, 0.2) is 118 Å². The summed E-state index contributed by atoms with van der Waals surface area (Å²) in [4.78, 5) is 59.0. The molecule has 0 spiro atoms. The fraction of sp³-hybridized carbons (Fsp3) is 0.256. The number of sulfone groups is 1. The van der Waals surface area contributed by atoms with E-state index < -0.39 is 32.8 Å². The Labute approximate surface area is 301 Å². The molecule has 1 N–H and O–H groups in total. The van der Waals surface area contributed by atoms with E-state index in [1.165, 1.54) is 9.47 Å². The highest BCUT2D eigenvalue weighted by atomic mass is 32.2.